The summed E-state index contributed by atoms with van der Waals surface area (Å²) in [4.78, 5) is 29.0. The Hall–Kier alpha value is -3.15. The van der Waals surface area contributed by atoms with Crippen LogP contribution in [0.4, 0.5) is 5.69 Å². The molecule has 0 aliphatic carbocycles. The highest BCUT2D eigenvalue weighted by Gasteiger charge is 2.21. The smallest absolute Gasteiger partial charge is 0.359 e. The van der Waals surface area contributed by atoms with Crippen LogP contribution in [0.15, 0.2) is 48.7 Å². The molecule has 6 nitrogen and oxygen atoms in total. The van der Waals surface area contributed by atoms with E-state index in [1.807, 2.05) is 43.3 Å². The standard InChI is InChI=1S/C22H25N3O3/c1-14-7-6-8-19-24-18(13-25(14)19)21(27)28-15(2)20(26)23-17-11-9-16(10-12-17)22(3,4)5/h6-13,15H,1-5H3,(H,23,26). The topological polar surface area (TPSA) is 72.7 Å². The number of imidazole rings is 1. The molecule has 2 heterocycles. The van der Waals surface area contributed by atoms with Crippen molar-refractivity contribution < 1.29 is 14.3 Å². The van der Waals surface area contributed by atoms with Crippen LogP contribution in [0.5, 0.6) is 0 Å². The van der Waals surface area contributed by atoms with Gasteiger partial charge in [0, 0.05) is 17.6 Å². The number of ether oxygens (including phenoxy) is 1. The Morgan fingerprint density at radius 1 is 1.11 bits per heavy atom. The van der Waals surface area contributed by atoms with Gasteiger partial charge < -0.3 is 14.5 Å². The van der Waals surface area contributed by atoms with Gasteiger partial charge in [0.25, 0.3) is 5.91 Å². The Morgan fingerprint density at radius 2 is 1.79 bits per heavy atom. The average Bonchev–Trinajstić information content (AvgIpc) is 3.07. The molecule has 1 aromatic carbocycles. The van der Waals surface area contributed by atoms with Crippen molar-refractivity contribution in [2.45, 2.75) is 46.1 Å². The molecule has 0 aliphatic rings. The number of nitrogens with zero attached hydrogens (tertiary/aromatic N) is 2. The minimum absolute atomic E-state index is 0.0395. The Labute approximate surface area is 164 Å². The molecule has 1 N–H and O–H groups in total. The molecule has 28 heavy (non-hydrogen) atoms. The third kappa shape index (κ3) is 4.22. The molecule has 1 amide bonds. The number of amides is 1. The third-order valence-electron chi connectivity index (χ3n) is 4.58. The van der Waals surface area contributed by atoms with E-state index in [1.165, 1.54) is 12.5 Å². The second kappa shape index (κ2) is 7.46. The lowest BCUT2D eigenvalue weighted by molar-refractivity contribution is -0.123. The van der Waals surface area contributed by atoms with Crippen molar-refractivity contribution >= 4 is 23.2 Å². The molecule has 1 unspecified atom stereocenters. The zero-order chi connectivity index (χ0) is 20.5. The summed E-state index contributed by atoms with van der Waals surface area (Å²) in [5, 5.41) is 2.77. The summed E-state index contributed by atoms with van der Waals surface area (Å²) in [6.07, 6.45) is 0.670. The number of aromatic nitrogens is 2. The second-order valence-electron chi connectivity index (χ2n) is 7.89. The third-order valence-corrected chi connectivity index (χ3v) is 4.58. The summed E-state index contributed by atoms with van der Waals surface area (Å²) in [6.45, 7) is 9.84. The first-order valence-corrected chi connectivity index (χ1v) is 9.22. The minimum atomic E-state index is -0.944. The molecular formula is C22H25N3O3. The molecule has 0 saturated heterocycles. The normalized spacial score (nSPS) is 12.6. The monoisotopic (exact) mass is 379 g/mol. The summed E-state index contributed by atoms with van der Waals surface area (Å²) >= 11 is 0. The van der Waals surface area contributed by atoms with Gasteiger partial charge in [-0.25, -0.2) is 9.78 Å². The van der Waals surface area contributed by atoms with Crippen LogP contribution in [-0.4, -0.2) is 27.4 Å². The number of carbonyl (C=O) groups is 2. The number of carbonyl (C=O) groups excluding carboxylic acids is 2. The fourth-order valence-electron chi connectivity index (χ4n) is 2.82. The van der Waals surface area contributed by atoms with Crippen molar-refractivity contribution in [1.29, 1.82) is 0 Å². The van der Waals surface area contributed by atoms with Crippen LogP contribution >= 0.6 is 0 Å². The Morgan fingerprint density at radius 3 is 2.39 bits per heavy atom. The molecule has 0 spiro atoms. The van der Waals surface area contributed by atoms with Crippen molar-refractivity contribution in [2.24, 2.45) is 0 Å². The molecule has 1 atom stereocenters. The van der Waals surface area contributed by atoms with E-state index in [-0.39, 0.29) is 11.1 Å². The Balaban J connectivity index is 1.64. The number of benzene rings is 1. The van der Waals surface area contributed by atoms with Crippen LogP contribution in [0.2, 0.25) is 0 Å². The number of hydrogen-bond donors (Lipinski definition) is 1. The van der Waals surface area contributed by atoms with Gasteiger partial charge in [-0.2, -0.15) is 0 Å². The van der Waals surface area contributed by atoms with Crippen molar-refractivity contribution in [3.05, 3.63) is 65.6 Å². The molecule has 3 aromatic rings. The number of hydrogen-bond acceptors (Lipinski definition) is 4. The molecule has 0 saturated carbocycles. The van der Waals surface area contributed by atoms with Gasteiger partial charge in [0.05, 0.1) is 0 Å². The molecule has 6 heteroatoms. The van der Waals surface area contributed by atoms with Crippen LogP contribution in [0.1, 0.15) is 49.4 Å². The lowest BCUT2D eigenvalue weighted by atomic mass is 9.87. The van der Waals surface area contributed by atoms with Crippen LogP contribution in [-0.2, 0) is 14.9 Å². The molecule has 0 fully saturated rings. The number of esters is 1. The second-order valence-corrected chi connectivity index (χ2v) is 7.89. The van der Waals surface area contributed by atoms with Gasteiger partial charge in [-0.05, 0) is 49.1 Å². The van der Waals surface area contributed by atoms with Gasteiger partial charge in [0.2, 0.25) is 0 Å². The summed E-state index contributed by atoms with van der Waals surface area (Å²) in [7, 11) is 0. The zero-order valence-electron chi connectivity index (χ0n) is 16.8. The van der Waals surface area contributed by atoms with Crippen molar-refractivity contribution in [3.63, 3.8) is 0 Å². The first kappa shape index (κ1) is 19.6. The molecule has 2 aromatic heterocycles. The van der Waals surface area contributed by atoms with Crippen LogP contribution in [0.25, 0.3) is 5.65 Å². The number of fused-ring (bicyclic) bond motifs is 1. The highest BCUT2D eigenvalue weighted by molar-refractivity contribution is 5.97. The van der Waals surface area contributed by atoms with E-state index in [2.05, 4.69) is 31.1 Å². The van der Waals surface area contributed by atoms with Crippen molar-refractivity contribution in [1.82, 2.24) is 9.38 Å². The maximum Gasteiger partial charge on any atom is 0.359 e. The van der Waals surface area contributed by atoms with Gasteiger partial charge >= 0.3 is 5.97 Å². The number of aryl methyl sites for hydroxylation is 1. The lowest BCUT2D eigenvalue weighted by Gasteiger charge is -2.19. The van der Waals surface area contributed by atoms with E-state index >= 15 is 0 Å². The van der Waals surface area contributed by atoms with E-state index in [1.54, 1.807) is 16.7 Å². The van der Waals surface area contributed by atoms with E-state index in [0.29, 0.717) is 11.3 Å². The van der Waals surface area contributed by atoms with Crippen molar-refractivity contribution in [3.8, 4) is 0 Å². The Bertz CT molecular complexity index is 1010. The van der Waals surface area contributed by atoms with Crippen molar-refractivity contribution in [2.75, 3.05) is 5.32 Å². The lowest BCUT2D eigenvalue weighted by Crippen LogP contribution is -2.30. The van der Waals surface area contributed by atoms with Gasteiger partial charge in [0.15, 0.2) is 11.8 Å². The fraction of sp³-hybridized carbons (Fsp3) is 0.318. The maximum absolute atomic E-state index is 12.4. The van der Waals surface area contributed by atoms with Gasteiger partial charge in [-0.1, -0.05) is 39.0 Å². The average molecular weight is 379 g/mol. The summed E-state index contributed by atoms with van der Waals surface area (Å²) < 4.78 is 7.09. The molecular weight excluding hydrogens is 354 g/mol. The Kier molecular flexibility index (Phi) is 5.23. The molecule has 0 bridgehead atoms. The molecule has 3 rings (SSSR count). The molecule has 0 aliphatic heterocycles. The van der Waals surface area contributed by atoms with Crippen LogP contribution < -0.4 is 5.32 Å². The highest BCUT2D eigenvalue weighted by Crippen LogP contribution is 2.23. The first-order chi connectivity index (χ1) is 13.1. The SMILES string of the molecule is Cc1cccc2nc(C(=O)OC(C)C(=O)Nc3ccc(C(C)(C)C)cc3)cn12. The quantitative estimate of drug-likeness (QED) is 0.692. The highest BCUT2D eigenvalue weighted by atomic mass is 16.5. The number of nitrogens with one attached hydrogen (secondary N) is 1. The molecule has 0 radical (unpaired) electrons. The summed E-state index contributed by atoms with van der Waals surface area (Å²) in [6, 6.07) is 13.2. The largest absolute Gasteiger partial charge is 0.448 e. The van der Waals surface area contributed by atoms with E-state index < -0.39 is 18.0 Å². The van der Waals surface area contributed by atoms with E-state index in [9.17, 15) is 9.59 Å². The predicted molar refractivity (Wildman–Crippen MR) is 109 cm³/mol. The number of pyridine rings is 1. The maximum atomic E-state index is 12.4. The summed E-state index contributed by atoms with van der Waals surface area (Å²) in [5.41, 5.74) is 3.65. The van der Waals surface area contributed by atoms with Gasteiger partial charge in [-0.15, -0.1) is 0 Å². The predicted octanol–water partition coefficient (Wildman–Crippen LogP) is 4.12. The van der Waals surface area contributed by atoms with Gasteiger partial charge in [-0.3, -0.25) is 4.79 Å². The molecule has 146 valence electrons. The number of anilines is 1. The van der Waals surface area contributed by atoms with Crippen LogP contribution in [0.3, 0.4) is 0 Å². The number of rotatable bonds is 4. The van der Waals surface area contributed by atoms with E-state index in [4.69, 9.17) is 4.74 Å². The summed E-state index contributed by atoms with van der Waals surface area (Å²) in [5.74, 6) is -1.02. The van der Waals surface area contributed by atoms with Gasteiger partial charge in [0.1, 0.15) is 5.65 Å². The first-order valence-electron chi connectivity index (χ1n) is 9.22. The zero-order valence-corrected chi connectivity index (χ0v) is 16.8. The van der Waals surface area contributed by atoms with Crippen LogP contribution in [0, 0.1) is 6.92 Å². The minimum Gasteiger partial charge on any atom is -0.448 e. The van der Waals surface area contributed by atoms with E-state index in [0.717, 1.165) is 5.69 Å². The fourth-order valence-corrected chi connectivity index (χ4v) is 2.82.